The van der Waals surface area contributed by atoms with E-state index in [-0.39, 0.29) is 12.5 Å². The third kappa shape index (κ3) is 3.46. The second kappa shape index (κ2) is 7.32. The lowest BCUT2D eigenvalue weighted by Crippen LogP contribution is -2.53. The number of carbonyl (C=O) groups is 1. The first-order chi connectivity index (χ1) is 12.3. The summed E-state index contributed by atoms with van der Waals surface area (Å²) in [4.78, 5) is 18.6. The van der Waals surface area contributed by atoms with Gasteiger partial charge in [0.05, 0.1) is 24.3 Å². The van der Waals surface area contributed by atoms with Gasteiger partial charge >= 0.3 is 0 Å². The van der Waals surface area contributed by atoms with Crippen LogP contribution >= 0.6 is 0 Å². The van der Waals surface area contributed by atoms with E-state index in [0.29, 0.717) is 31.7 Å². The van der Waals surface area contributed by atoms with Crippen LogP contribution in [0.3, 0.4) is 0 Å². The summed E-state index contributed by atoms with van der Waals surface area (Å²) in [6, 6.07) is 8.50. The van der Waals surface area contributed by atoms with Crippen molar-refractivity contribution >= 4 is 15.9 Å². The van der Waals surface area contributed by atoms with Crippen molar-refractivity contribution in [3.63, 3.8) is 0 Å². The maximum absolute atomic E-state index is 13.2. The molecular weight excluding hydrogens is 356 g/mol. The van der Waals surface area contributed by atoms with Crippen molar-refractivity contribution in [1.82, 2.24) is 14.3 Å². The number of piperazine rings is 1. The predicted octanol–water partition coefficient (Wildman–Crippen LogP) is 0.339. The molecule has 0 radical (unpaired) electrons. The van der Waals surface area contributed by atoms with Gasteiger partial charge in [-0.05, 0) is 17.7 Å². The number of nitrogens with zero attached hydrogens (tertiary/aromatic N) is 4. The third-order valence-electron chi connectivity index (χ3n) is 4.99. The van der Waals surface area contributed by atoms with E-state index in [1.54, 1.807) is 41.3 Å². The first-order valence-electron chi connectivity index (χ1n) is 8.45. The van der Waals surface area contributed by atoms with Crippen molar-refractivity contribution < 1.29 is 18.0 Å². The quantitative estimate of drug-likeness (QED) is 0.753. The monoisotopic (exact) mass is 378 g/mol. The smallest absolute Gasteiger partial charge is 0.221 e. The molecule has 0 bridgehead atoms. The van der Waals surface area contributed by atoms with Gasteiger partial charge in [0, 0.05) is 40.2 Å². The fraction of sp³-hybridized carbons (Fsp3) is 0.529. The molecule has 0 aromatic heterocycles. The Kier molecular flexibility index (Phi) is 5.29. The standard InChI is InChI=1S/C17H22N4O4S/c1-13(22)20-7-9-21(10-8-20)26(23,24)16-12-25-19(2)17(16)15-5-3-14(11-18)4-6-15/h3-6,16-17H,7-10,12H2,1-2H3. The fourth-order valence-corrected chi connectivity index (χ4v) is 5.42. The Morgan fingerprint density at radius 1 is 1.19 bits per heavy atom. The summed E-state index contributed by atoms with van der Waals surface area (Å²) in [5.74, 6) is -0.0403. The Hall–Kier alpha value is -1.99. The minimum absolute atomic E-state index is 0.0403. The molecule has 2 saturated heterocycles. The number of hydrogen-bond acceptors (Lipinski definition) is 6. The predicted molar refractivity (Wildman–Crippen MR) is 94.1 cm³/mol. The average Bonchev–Trinajstić information content (AvgIpc) is 3.04. The molecule has 0 aliphatic carbocycles. The molecule has 2 fully saturated rings. The highest BCUT2D eigenvalue weighted by Gasteiger charge is 2.46. The summed E-state index contributed by atoms with van der Waals surface area (Å²) in [7, 11) is -1.88. The minimum Gasteiger partial charge on any atom is -0.340 e. The summed E-state index contributed by atoms with van der Waals surface area (Å²) in [6.07, 6.45) is 0. The van der Waals surface area contributed by atoms with Crippen molar-refractivity contribution in [3.05, 3.63) is 35.4 Å². The van der Waals surface area contributed by atoms with Crippen LogP contribution in [0.4, 0.5) is 0 Å². The van der Waals surface area contributed by atoms with Crippen LogP contribution in [0.25, 0.3) is 0 Å². The van der Waals surface area contributed by atoms with E-state index in [0.717, 1.165) is 5.56 Å². The Labute approximate surface area is 153 Å². The van der Waals surface area contributed by atoms with Crippen molar-refractivity contribution in [1.29, 1.82) is 5.26 Å². The summed E-state index contributed by atoms with van der Waals surface area (Å²) >= 11 is 0. The van der Waals surface area contributed by atoms with E-state index in [2.05, 4.69) is 6.07 Å². The molecule has 1 amide bonds. The fourth-order valence-electron chi connectivity index (χ4n) is 3.47. The van der Waals surface area contributed by atoms with Gasteiger partial charge in [-0.25, -0.2) is 8.42 Å². The van der Waals surface area contributed by atoms with Crippen LogP contribution in [-0.4, -0.2) is 73.7 Å². The van der Waals surface area contributed by atoms with Gasteiger partial charge in [-0.1, -0.05) is 12.1 Å². The molecule has 0 spiro atoms. The highest BCUT2D eigenvalue weighted by molar-refractivity contribution is 7.89. The molecule has 26 heavy (non-hydrogen) atoms. The molecule has 9 heteroatoms. The largest absolute Gasteiger partial charge is 0.340 e. The van der Waals surface area contributed by atoms with E-state index >= 15 is 0 Å². The van der Waals surface area contributed by atoms with Gasteiger partial charge in [-0.2, -0.15) is 14.6 Å². The van der Waals surface area contributed by atoms with Gasteiger partial charge in [-0.15, -0.1) is 0 Å². The second-order valence-electron chi connectivity index (χ2n) is 6.51. The zero-order valence-electron chi connectivity index (χ0n) is 14.8. The maximum atomic E-state index is 13.2. The normalized spacial score (nSPS) is 25.2. The Morgan fingerprint density at radius 2 is 1.81 bits per heavy atom. The molecule has 2 unspecified atom stereocenters. The van der Waals surface area contributed by atoms with Gasteiger partial charge in [0.1, 0.15) is 5.25 Å². The van der Waals surface area contributed by atoms with Crippen LogP contribution in [0, 0.1) is 11.3 Å². The SMILES string of the molecule is CC(=O)N1CCN(S(=O)(=O)C2CON(C)C2c2ccc(C#N)cc2)CC1. The van der Waals surface area contributed by atoms with E-state index in [9.17, 15) is 13.2 Å². The summed E-state index contributed by atoms with van der Waals surface area (Å²) in [5.41, 5.74) is 1.31. The molecule has 2 aliphatic rings. The van der Waals surface area contributed by atoms with E-state index in [1.807, 2.05) is 0 Å². The number of rotatable bonds is 3. The van der Waals surface area contributed by atoms with Gasteiger partial charge in [0.2, 0.25) is 15.9 Å². The van der Waals surface area contributed by atoms with Crippen molar-refractivity contribution in [3.8, 4) is 6.07 Å². The van der Waals surface area contributed by atoms with Crippen molar-refractivity contribution in [2.24, 2.45) is 0 Å². The number of benzene rings is 1. The van der Waals surface area contributed by atoms with Crippen LogP contribution in [0.2, 0.25) is 0 Å². The summed E-state index contributed by atoms with van der Waals surface area (Å²) in [5, 5.41) is 9.77. The van der Waals surface area contributed by atoms with Crippen molar-refractivity contribution in [2.75, 3.05) is 39.8 Å². The van der Waals surface area contributed by atoms with E-state index < -0.39 is 21.3 Å². The molecule has 0 N–H and O–H groups in total. The number of amides is 1. The Morgan fingerprint density at radius 3 is 2.35 bits per heavy atom. The second-order valence-corrected chi connectivity index (χ2v) is 8.66. The minimum atomic E-state index is -3.59. The first-order valence-corrected chi connectivity index (χ1v) is 9.95. The Bertz CT molecular complexity index is 810. The summed E-state index contributed by atoms with van der Waals surface area (Å²) < 4.78 is 27.8. The molecule has 3 rings (SSSR count). The van der Waals surface area contributed by atoms with Crippen LogP contribution in [0.1, 0.15) is 24.1 Å². The lowest BCUT2D eigenvalue weighted by Gasteiger charge is -2.35. The molecule has 2 heterocycles. The molecule has 8 nitrogen and oxygen atoms in total. The highest BCUT2D eigenvalue weighted by Crippen LogP contribution is 2.35. The lowest BCUT2D eigenvalue weighted by atomic mass is 10.0. The zero-order chi connectivity index (χ0) is 18.9. The van der Waals surface area contributed by atoms with Gasteiger partial charge in [0.25, 0.3) is 0 Å². The molecule has 2 atom stereocenters. The molecule has 140 valence electrons. The topological polar surface area (TPSA) is 93.9 Å². The van der Waals surface area contributed by atoms with Crippen molar-refractivity contribution in [2.45, 2.75) is 18.2 Å². The molecule has 1 aromatic rings. The number of sulfonamides is 1. The number of hydrogen-bond donors (Lipinski definition) is 0. The molecular formula is C17H22N4O4S. The Balaban J connectivity index is 1.81. The van der Waals surface area contributed by atoms with E-state index in [1.165, 1.54) is 11.2 Å². The molecule has 0 saturated carbocycles. The molecule has 1 aromatic carbocycles. The van der Waals surface area contributed by atoms with Gasteiger partial charge in [-0.3, -0.25) is 9.63 Å². The lowest BCUT2D eigenvalue weighted by molar-refractivity contribution is -0.129. The number of nitriles is 1. The van der Waals surface area contributed by atoms with Crippen LogP contribution < -0.4 is 0 Å². The number of carbonyl (C=O) groups excluding carboxylic acids is 1. The van der Waals surface area contributed by atoms with Gasteiger partial charge in [0.15, 0.2) is 0 Å². The molecule has 2 aliphatic heterocycles. The summed E-state index contributed by atoms with van der Waals surface area (Å²) in [6.45, 7) is 2.96. The van der Waals surface area contributed by atoms with Crippen LogP contribution in [0.5, 0.6) is 0 Å². The maximum Gasteiger partial charge on any atom is 0.221 e. The van der Waals surface area contributed by atoms with Crippen LogP contribution in [-0.2, 0) is 19.7 Å². The van der Waals surface area contributed by atoms with Gasteiger partial charge < -0.3 is 4.90 Å². The van der Waals surface area contributed by atoms with E-state index in [4.69, 9.17) is 10.1 Å². The average molecular weight is 378 g/mol. The number of hydroxylamine groups is 2. The first kappa shape index (κ1) is 18.8. The van der Waals surface area contributed by atoms with Crippen LogP contribution in [0.15, 0.2) is 24.3 Å². The highest BCUT2D eigenvalue weighted by atomic mass is 32.2. The zero-order valence-corrected chi connectivity index (χ0v) is 15.6. The third-order valence-corrected chi connectivity index (χ3v) is 7.24.